The zero-order chi connectivity index (χ0) is 50.7. The number of ether oxygens (including phenoxy) is 3. The van der Waals surface area contributed by atoms with Gasteiger partial charge in [-0.2, -0.15) is 0 Å². The van der Waals surface area contributed by atoms with E-state index >= 15 is 0 Å². The summed E-state index contributed by atoms with van der Waals surface area (Å²) in [6.45, 7) is 6.40. The molecule has 0 radical (unpaired) electrons. The summed E-state index contributed by atoms with van der Waals surface area (Å²) in [6, 6.07) is 0. The summed E-state index contributed by atoms with van der Waals surface area (Å²) < 4.78 is 16.9. The summed E-state index contributed by atoms with van der Waals surface area (Å²) in [5.41, 5.74) is 0. The summed E-state index contributed by atoms with van der Waals surface area (Å²) in [5.74, 6) is -0.916. The number of unbranched alkanes of at least 4 members (excludes halogenated alkanes) is 25. The first kappa shape index (κ1) is 66.3. The normalized spacial score (nSPS) is 12.8. The highest BCUT2D eigenvalue weighted by Crippen LogP contribution is 2.15. The Morgan fingerprint density at radius 1 is 0.300 bits per heavy atom. The molecule has 0 N–H and O–H groups in total. The number of rotatable bonds is 52. The van der Waals surface area contributed by atoms with Crippen molar-refractivity contribution in [2.75, 3.05) is 13.2 Å². The number of esters is 3. The van der Waals surface area contributed by atoms with E-state index in [1.165, 1.54) is 109 Å². The van der Waals surface area contributed by atoms with E-state index in [4.69, 9.17) is 14.2 Å². The number of hydrogen-bond donors (Lipinski definition) is 0. The van der Waals surface area contributed by atoms with Crippen LogP contribution in [0.15, 0.2) is 97.2 Å². The minimum Gasteiger partial charge on any atom is -0.462 e. The van der Waals surface area contributed by atoms with Crippen molar-refractivity contribution in [3.05, 3.63) is 97.2 Å². The topological polar surface area (TPSA) is 78.9 Å². The fraction of sp³-hybridized carbons (Fsp3) is 0.703. The SMILES string of the molecule is CC/C=C\C/C=C\C/C=C\C/C=C\CCCCCCCCC(=O)OCC(COC(=O)CCCCCCCC/C=C\C/C=C\C/C=C\CC)OC(=O)CCCCCCCCC/C=C\CCCCCCCC. The molecule has 0 aliphatic heterocycles. The van der Waals surface area contributed by atoms with Gasteiger partial charge in [0.05, 0.1) is 0 Å². The molecule has 0 amide bonds. The lowest BCUT2D eigenvalue weighted by atomic mass is 10.1. The van der Waals surface area contributed by atoms with Crippen LogP contribution in [0.3, 0.4) is 0 Å². The van der Waals surface area contributed by atoms with E-state index in [0.717, 1.165) is 122 Å². The van der Waals surface area contributed by atoms with Crippen molar-refractivity contribution < 1.29 is 28.6 Å². The predicted octanol–water partition coefficient (Wildman–Crippen LogP) is 19.7. The van der Waals surface area contributed by atoms with Crippen LogP contribution in [0.5, 0.6) is 0 Å². The molecule has 0 saturated carbocycles. The maximum atomic E-state index is 12.9. The number of carbonyl (C=O) groups excluding carboxylic acids is 3. The fourth-order valence-corrected chi connectivity index (χ4v) is 7.97. The van der Waals surface area contributed by atoms with Crippen LogP contribution in [0.25, 0.3) is 0 Å². The standard InChI is InChI=1S/C64H108O6/c1-4-7-10-13-16-19-22-25-28-31-32-34-36-39-42-45-48-51-54-57-63(66)69-60-61(59-68-62(65)56-53-50-47-44-41-38-35-30-27-24-21-18-15-12-9-6-3)70-64(67)58-55-52-49-46-43-40-37-33-29-26-23-20-17-14-11-8-5-2/h7,9-10,12,16,18-19,21,25-30,32,34,61H,4-6,8,11,13-15,17,20,22-24,31,33,35-60H2,1-3H3/b10-7-,12-9-,19-16-,21-18-,28-25-,29-26-,30-27-,34-32-. The minimum atomic E-state index is -0.793. The zero-order valence-corrected chi connectivity index (χ0v) is 45.8. The van der Waals surface area contributed by atoms with E-state index in [9.17, 15) is 14.4 Å². The molecule has 0 aliphatic carbocycles. The van der Waals surface area contributed by atoms with E-state index in [1.807, 2.05) is 0 Å². The summed E-state index contributed by atoms with van der Waals surface area (Å²) in [5, 5.41) is 0. The molecule has 0 bridgehead atoms. The third kappa shape index (κ3) is 55.3. The molecule has 70 heavy (non-hydrogen) atoms. The molecule has 0 aromatic carbocycles. The van der Waals surface area contributed by atoms with E-state index in [-0.39, 0.29) is 31.1 Å². The van der Waals surface area contributed by atoms with Crippen molar-refractivity contribution in [2.45, 2.75) is 277 Å². The van der Waals surface area contributed by atoms with E-state index in [0.29, 0.717) is 19.3 Å². The lowest BCUT2D eigenvalue weighted by molar-refractivity contribution is -0.167. The van der Waals surface area contributed by atoms with Crippen LogP contribution in [0, 0.1) is 0 Å². The molecule has 6 heteroatoms. The Labute approximate surface area is 432 Å². The highest BCUT2D eigenvalue weighted by Gasteiger charge is 2.19. The Hall–Kier alpha value is -3.67. The van der Waals surface area contributed by atoms with Crippen molar-refractivity contribution >= 4 is 17.9 Å². The Morgan fingerprint density at radius 2 is 0.557 bits per heavy atom. The van der Waals surface area contributed by atoms with Crippen LogP contribution in [0.4, 0.5) is 0 Å². The molecule has 400 valence electrons. The molecular formula is C64H108O6. The van der Waals surface area contributed by atoms with Crippen LogP contribution in [0.2, 0.25) is 0 Å². The van der Waals surface area contributed by atoms with Crippen LogP contribution in [0.1, 0.15) is 271 Å². The molecule has 0 fully saturated rings. The first-order chi connectivity index (χ1) is 34.5. The molecule has 6 nitrogen and oxygen atoms in total. The Morgan fingerprint density at radius 3 is 0.886 bits per heavy atom. The van der Waals surface area contributed by atoms with Gasteiger partial charge in [0, 0.05) is 19.3 Å². The van der Waals surface area contributed by atoms with Gasteiger partial charge < -0.3 is 14.2 Å². The van der Waals surface area contributed by atoms with Crippen LogP contribution < -0.4 is 0 Å². The molecule has 1 atom stereocenters. The van der Waals surface area contributed by atoms with Crippen LogP contribution in [-0.4, -0.2) is 37.2 Å². The Balaban J connectivity index is 4.44. The van der Waals surface area contributed by atoms with Gasteiger partial charge in [-0.25, -0.2) is 0 Å². The molecule has 0 aromatic heterocycles. The molecule has 0 aliphatic rings. The van der Waals surface area contributed by atoms with Crippen LogP contribution >= 0.6 is 0 Å². The average molecular weight is 974 g/mol. The van der Waals surface area contributed by atoms with E-state index in [2.05, 4.69) is 118 Å². The van der Waals surface area contributed by atoms with Gasteiger partial charge in [0.15, 0.2) is 6.10 Å². The van der Waals surface area contributed by atoms with Gasteiger partial charge in [-0.05, 0) is 116 Å². The van der Waals surface area contributed by atoms with Gasteiger partial charge in [-0.3, -0.25) is 14.4 Å². The van der Waals surface area contributed by atoms with Gasteiger partial charge in [0.25, 0.3) is 0 Å². The molecule has 0 aromatic rings. The maximum absolute atomic E-state index is 12.9. The molecule has 0 rings (SSSR count). The molecule has 0 saturated heterocycles. The van der Waals surface area contributed by atoms with E-state index in [1.54, 1.807) is 0 Å². The quantitative estimate of drug-likeness (QED) is 0.0262. The Bertz CT molecular complexity index is 1400. The van der Waals surface area contributed by atoms with E-state index < -0.39 is 6.10 Å². The first-order valence-electron chi connectivity index (χ1n) is 29.2. The summed E-state index contributed by atoms with van der Waals surface area (Å²) >= 11 is 0. The number of carbonyl (C=O) groups is 3. The van der Waals surface area contributed by atoms with Gasteiger partial charge in [-0.15, -0.1) is 0 Å². The number of hydrogen-bond acceptors (Lipinski definition) is 6. The predicted molar refractivity (Wildman–Crippen MR) is 302 cm³/mol. The lowest BCUT2D eigenvalue weighted by Gasteiger charge is -2.18. The van der Waals surface area contributed by atoms with Gasteiger partial charge >= 0.3 is 17.9 Å². The largest absolute Gasteiger partial charge is 0.462 e. The van der Waals surface area contributed by atoms with Crippen molar-refractivity contribution in [1.29, 1.82) is 0 Å². The van der Waals surface area contributed by atoms with Crippen LogP contribution in [-0.2, 0) is 28.6 Å². The van der Waals surface area contributed by atoms with Crippen molar-refractivity contribution in [1.82, 2.24) is 0 Å². The second kappa shape index (κ2) is 57.9. The molecule has 0 spiro atoms. The minimum absolute atomic E-state index is 0.0911. The van der Waals surface area contributed by atoms with Crippen molar-refractivity contribution in [2.24, 2.45) is 0 Å². The zero-order valence-electron chi connectivity index (χ0n) is 45.8. The second-order valence-corrected chi connectivity index (χ2v) is 19.1. The first-order valence-corrected chi connectivity index (χ1v) is 29.2. The highest BCUT2D eigenvalue weighted by molar-refractivity contribution is 5.71. The second-order valence-electron chi connectivity index (χ2n) is 19.1. The van der Waals surface area contributed by atoms with Gasteiger partial charge in [0.2, 0.25) is 0 Å². The van der Waals surface area contributed by atoms with Gasteiger partial charge in [-0.1, -0.05) is 234 Å². The average Bonchev–Trinajstić information content (AvgIpc) is 3.36. The smallest absolute Gasteiger partial charge is 0.306 e. The third-order valence-electron chi connectivity index (χ3n) is 12.3. The summed E-state index contributed by atoms with van der Waals surface area (Å²) in [4.78, 5) is 38.2. The summed E-state index contributed by atoms with van der Waals surface area (Å²) in [7, 11) is 0. The molecule has 0 heterocycles. The molecular weight excluding hydrogens is 865 g/mol. The third-order valence-corrected chi connectivity index (χ3v) is 12.3. The highest BCUT2D eigenvalue weighted by atomic mass is 16.6. The lowest BCUT2D eigenvalue weighted by Crippen LogP contribution is -2.30. The number of allylic oxidation sites excluding steroid dienone is 16. The monoisotopic (exact) mass is 973 g/mol. The fourth-order valence-electron chi connectivity index (χ4n) is 7.97. The maximum Gasteiger partial charge on any atom is 0.306 e. The van der Waals surface area contributed by atoms with Crippen molar-refractivity contribution in [3.63, 3.8) is 0 Å². The summed E-state index contributed by atoms with van der Waals surface area (Å²) in [6.07, 6.45) is 76.8. The van der Waals surface area contributed by atoms with Crippen molar-refractivity contribution in [3.8, 4) is 0 Å². The Kier molecular flexibility index (Phi) is 54.9. The van der Waals surface area contributed by atoms with Gasteiger partial charge in [0.1, 0.15) is 13.2 Å². The molecule has 1 unspecified atom stereocenters.